The number of likely N-dealkylation sites (N-methyl/N-ethyl adjacent to an activating group) is 1. The fourth-order valence-electron chi connectivity index (χ4n) is 4.05. The van der Waals surface area contributed by atoms with Crippen LogP contribution in [0.1, 0.15) is 43.0 Å². The van der Waals surface area contributed by atoms with E-state index >= 15 is 0 Å². The highest BCUT2D eigenvalue weighted by molar-refractivity contribution is 8.18. The summed E-state index contributed by atoms with van der Waals surface area (Å²) in [5, 5.41) is 4.06. The Morgan fingerprint density at radius 1 is 1.10 bits per heavy atom. The zero-order valence-electron chi connectivity index (χ0n) is 18.6. The van der Waals surface area contributed by atoms with Crippen LogP contribution in [0, 0.1) is 13.8 Å². The SMILES string of the molecule is CC1=CC(C)(C)N(C)c2cc(Cl)c(/C=C3/SC(=Nc4cc(C)cc(C)c4)NC3=O)cc21. The Bertz CT molecular complexity index is 1170. The van der Waals surface area contributed by atoms with E-state index in [0.717, 1.165) is 33.6 Å². The lowest BCUT2D eigenvalue weighted by Crippen LogP contribution is -2.42. The van der Waals surface area contributed by atoms with Gasteiger partial charge in [-0.3, -0.25) is 4.79 Å². The van der Waals surface area contributed by atoms with Crippen LogP contribution in [0.4, 0.5) is 11.4 Å². The van der Waals surface area contributed by atoms with E-state index in [1.165, 1.54) is 17.3 Å². The topological polar surface area (TPSA) is 44.7 Å². The van der Waals surface area contributed by atoms with Gasteiger partial charge in [-0.05, 0) is 99.0 Å². The summed E-state index contributed by atoms with van der Waals surface area (Å²) in [5.74, 6) is -0.160. The Labute approximate surface area is 193 Å². The van der Waals surface area contributed by atoms with Crippen molar-refractivity contribution in [2.45, 2.75) is 40.2 Å². The molecule has 2 aromatic rings. The Hall–Kier alpha value is -2.50. The second-order valence-corrected chi connectivity index (χ2v) is 10.2. The predicted octanol–water partition coefficient (Wildman–Crippen LogP) is 6.48. The number of carbonyl (C=O) groups excluding carboxylic acids is 1. The van der Waals surface area contributed by atoms with Gasteiger partial charge in [0.15, 0.2) is 5.17 Å². The van der Waals surface area contributed by atoms with Crippen molar-refractivity contribution in [2.75, 3.05) is 11.9 Å². The van der Waals surface area contributed by atoms with Crippen LogP contribution in [0.15, 0.2) is 46.3 Å². The molecule has 0 atom stereocenters. The number of benzene rings is 2. The third-order valence-corrected chi connectivity index (χ3v) is 6.95. The lowest BCUT2D eigenvalue weighted by Gasteiger charge is -2.40. The molecule has 1 fully saturated rings. The molecule has 1 saturated heterocycles. The molecule has 4 rings (SSSR count). The molecule has 31 heavy (non-hydrogen) atoms. The molecule has 160 valence electrons. The summed E-state index contributed by atoms with van der Waals surface area (Å²) < 4.78 is 0. The van der Waals surface area contributed by atoms with Crippen LogP contribution >= 0.6 is 23.4 Å². The maximum absolute atomic E-state index is 12.6. The minimum absolute atomic E-state index is 0.0822. The van der Waals surface area contributed by atoms with Crippen LogP contribution in [0.25, 0.3) is 11.6 Å². The number of carbonyl (C=O) groups is 1. The van der Waals surface area contributed by atoms with Crippen LogP contribution in [-0.2, 0) is 4.79 Å². The van der Waals surface area contributed by atoms with Crippen molar-refractivity contribution in [2.24, 2.45) is 4.99 Å². The van der Waals surface area contributed by atoms with E-state index in [2.05, 4.69) is 61.2 Å². The zero-order valence-corrected chi connectivity index (χ0v) is 20.2. The molecule has 0 radical (unpaired) electrons. The number of amidine groups is 1. The molecular weight excluding hydrogens is 426 g/mol. The maximum Gasteiger partial charge on any atom is 0.264 e. The van der Waals surface area contributed by atoms with Gasteiger partial charge in [-0.15, -0.1) is 0 Å². The first kappa shape index (κ1) is 21.7. The van der Waals surface area contributed by atoms with E-state index in [1.807, 2.05) is 38.1 Å². The first-order valence-corrected chi connectivity index (χ1v) is 11.4. The molecule has 1 amide bonds. The molecule has 4 nitrogen and oxygen atoms in total. The lowest BCUT2D eigenvalue weighted by molar-refractivity contribution is -0.115. The average molecular weight is 452 g/mol. The van der Waals surface area contributed by atoms with Gasteiger partial charge in [0.1, 0.15) is 0 Å². The highest BCUT2D eigenvalue weighted by Gasteiger charge is 2.30. The second-order valence-electron chi connectivity index (χ2n) is 8.76. The van der Waals surface area contributed by atoms with Crippen molar-refractivity contribution >= 4 is 57.5 Å². The van der Waals surface area contributed by atoms with E-state index in [1.54, 1.807) is 0 Å². The number of thioether (sulfide) groups is 1. The van der Waals surface area contributed by atoms with Gasteiger partial charge in [0.25, 0.3) is 5.91 Å². The summed E-state index contributed by atoms with van der Waals surface area (Å²) in [6.45, 7) is 10.5. The fraction of sp³-hybridized carbons (Fsp3) is 0.280. The van der Waals surface area contributed by atoms with Crippen LogP contribution in [-0.4, -0.2) is 23.7 Å². The van der Waals surface area contributed by atoms with Gasteiger partial charge in [-0.25, -0.2) is 4.99 Å². The van der Waals surface area contributed by atoms with Crippen LogP contribution in [0.3, 0.4) is 0 Å². The lowest BCUT2D eigenvalue weighted by atomic mass is 9.88. The van der Waals surface area contributed by atoms with Gasteiger partial charge in [0.05, 0.1) is 16.1 Å². The average Bonchev–Trinajstić information content (AvgIpc) is 2.99. The highest BCUT2D eigenvalue weighted by Crippen LogP contribution is 2.41. The predicted molar refractivity (Wildman–Crippen MR) is 134 cm³/mol. The molecule has 0 bridgehead atoms. The summed E-state index contributed by atoms with van der Waals surface area (Å²) >= 11 is 7.97. The van der Waals surface area contributed by atoms with Crippen molar-refractivity contribution in [3.8, 4) is 0 Å². The molecule has 2 aromatic carbocycles. The minimum atomic E-state index is -0.160. The van der Waals surface area contributed by atoms with Crippen molar-refractivity contribution in [1.82, 2.24) is 5.32 Å². The van der Waals surface area contributed by atoms with Crippen molar-refractivity contribution < 1.29 is 4.79 Å². The molecule has 2 aliphatic rings. The minimum Gasteiger partial charge on any atom is -0.365 e. The number of amides is 1. The molecule has 0 aromatic heterocycles. The number of hydrogen-bond donors (Lipinski definition) is 1. The van der Waals surface area contributed by atoms with Gasteiger partial charge in [-0.1, -0.05) is 23.7 Å². The molecule has 2 heterocycles. The Balaban J connectivity index is 1.67. The number of anilines is 1. The number of aryl methyl sites for hydroxylation is 2. The first-order chi connectivity index (χ1) is 14.5. The number of fused-ring (bicyclic) bond motifs is 1. The molecule has 0 spiro atoms. The van der Waals surface area contributed by atoms with E-state index < -0.39 is 0 Å². The van der Waals surface area contributed by atoms with E-state index in [-0.39, 0.29) is 11.4 Å². The monoisotopic (exact) mass is 451 g/mol. The standard InChI is InChI=1S/C25H26ClN3OS/c1-14-7-15(2)9-18(8-14)27-24-28-23(30)22(31-24)11-17-10-19-16(3)13-25(4,5)29(6)21(19)12-20(17)26/h7-13H,1-6H3,(H,27,28,30)/b22-11+. The van der Waals surface area contributed by atoms with Crippen LogP contribution in [0.2, 0.25) is 5.02 Å². The quantitative estimate of drug-likeness (QED) is 0.531. The van der Waals surface area contributed by atoms with E-state index in [9.17, 15) is 4.79 Å². The molecule has 6 heteroatoms. The maximum atomic E-state index is 12.6. The van der Waals surface area contributed by atoms with Crippen molar-refractivity contribution in [1.29, 1.82) is 0 Å². The third kappa shape index (κ3) is 4.30. The molecule has 2 aliphatic heterocycles. The number of halogens is 1. The van der Waals surface area contributed by atoms with Gasteiger partial charge in [0.2, 0.25) is 0 Å². The summed E-state index contributed by atoms with van der Waals surface area (Å²) in [6.07, 6.45) is 4.10. The largest absolute Gasteiger partial charge is 0.365 e. The van der Waals surface area contributed by atoms with E-state index in [0.29, 0.717) is 15.1 Å². The number of nitrogens with zero attached hydrogens (tertiary/aromatic N) is 2. The smallest absolute Gasteiger partial charge is 0.264 e. The van der Waals surface area contributed by atoms with Gasteiger partial charge in [-0.2, -0.15) is 0 Å². The fourth-order valence-corrected chi connectivity index (χ4v) is 5.10. The van der Waals surface area contributed by atoms with Crippen molar-refractivity contribution in [3.05, 3.63) is 68.6 Å². The zero-order chi connectivity index (χ0) is 22.5. The number of nitrogens with one attached hydrogen (secondary N) is 1. The number of hydrogen-bond acceptors (Lipinski definition) is 4. The van der Waals surface area contributed by atoms with Gasteiger partial charge >= 0.3 is 0 Å². The van der Waals surface area contributed by atoms with Crippen molar-refractivity contribution in [3.63, 3.8) is 0 Å². The Morgan fingerprint density at radius 2 is 1.77 bits per heavy atom. The summed E-state index contributed by atoms with van der Waals surface area (Å²) in [4.78, 5) is 20.0. The molecule has 0 aliphatic carbocycles. The third-order valence-electron chi connectivity index (χ3n) is 5.71. The second kappa shape index (κ2) is 7.88. The van der Waals surface area contributed by atoms with Gasteiger partial charge < -0.3 is 10.2 Å². The van der Waals surface area contributed by atoms with Crippen LogP contribution < -0.4 is 10.2 Å². The summed E-state index contributed by atoms with van der Waals surface area (Å²) in [5.41, 5.74) is 7.29. The van der Waals surface area contributed by atoms with Gasteiger partial charge in [0, 0.05) is 23.3 Å². The highest BCUT2D eigenvalue weighted by atomic mass is 35.5. The Kier molecular flexibility index (Phi) is 5.52. The molecule has 1 N–H and O–H groups in total. The number of rotatable bonds is 2. The summed E-state index contributed by atoms with van der Waals surface area (Å²) in [6, 6.07) is 10.2. The van der Waals surface area contributed by atoms with Crippen LogP contribution in [0.5, 0.6) is 0 Å². The normalized spacial score (nSPS) is 20.2. The molecular formula is C25H26ClN3OS. The number of aliphatic imine (C=N–C) groups is 1. The Morgan fingerprint density at radius 3 is 2.45 bits per heavy atom. The molecule has 0 unspecified atom stereocenters. The first-order valence-electron chi connectivity index (χ1n) is 10.2. The number of allylic oxidation sites excluding steroid dienone is 1. The molecule has 0 saturated carbocycles. The van der Waals surface area contributed by atoms with E-state index in [4.69, 9.17) is 11.6 Å². The summed E-state index contributed by atoms with van der Waals surface area (Å²) in [7, 11) is 2.08.